The molecule has 1 aromatic carbocycles. The SMILES string of the molecule is CCCNC(C#N)CCOc1c(F)c(F)c(F)c(F)c1F. The molecule has 0 aliphatic carbocycles. The molecule has 0 aromatic heterocycles. The Kier molecular flexibility index (Phi) is 6.37. The molecule has 0 spiro atoms. The summed E-state index contributed by atoms with van der Waals surface area (Å²) in [4.78, 5) is 0. The zero-order valence-electron chi connectivity index (χ0n) is 11.2. The van der Waals surface area contributed by atoms with Crippen molar-refractivity contribution in [2.45, 2.75) is 25.8 Å². The van der Waals surface area contributed by atoms with E-state index in [1.54, 1.807) is 0 Å². The summed E-state index contributed by atoms with van der Waals surface area (Å²) in [6.45, 7) is 2.07. The van der Waals surface area contributed by atoms with E-state index in [0.717, 1.165) is 6.42 Å². The van der Waals surface area contributed by atoms with Gasteiger partial charge >= 0.3 is 0 Å². The summed E-state index contributed by atoms with van der Waals surface area (Å²) >= 11 is 0. The molecule has 0 fully saturated rings. The average molecular weight is 308 g/mol. The summed E-state index contributed by atoms with van der Waals surface area (Å²) in [6.07, 6.45) is 0.812. The van der Waals surface area contributed by atoms with Gasteiger partial charge in [-0.3, -0.25) is 0 Å². The number of hydrogen-bond acceptors (Lipinski definition) is 3. The van der Waals surface area contributed by atoms with E-state index in [1.165, 1.54) is 0 Å². The van der Waals surface area contributed by atoms with Crippen LogP contribution in [0.25, 0.3) is 0 Å². The summed E-state index contributed by atoms with van der Waals surface area (Å²) in [6, 6.07) is 1.26. The van der Waals surface area contributed by atoms with Gasteiger partial charge in [-0.15, -0.1) is 0 Å². The molecule has 1 rings (SSSR count). The van der Waals surface area contributed by atoms with Crippen molar-refractivity contribution in [1.29, 1.82) is 5.26 Å². The van der Waals surface area contributed by atoms with E-state index in [0.29, 0.717) is 6.54 Å². The van der Waals surface area contributed by atoms with E-state index in [4.69, 9.17) is 5.26 Å². The molecule has 3 nitrogen and oxygen atoms in total. The molecule has 0 saturated heterocycles. The highest BCUT2D eigenvalue weighted by Gasteiger charge is 2.27. The fourth-order valence-electron chi connectivity index (χ4n) is 1.52. The van der Waals surface area contributed by atoms with Crippen LogP contribution < -0.4 is 10.1 Å². The standard InChI is InChI=1S/C13H13F5N2O/c1-2-4-20-7(6-19)3-5-21-13-11(17)9(15)8(14)10(16)12(13)18/h7,20H,2-5H2,1H3. The lowest BCUT2D eigenvalue weighted by atomic mass is 10.2. The second-order valence-electron chi connectivity index (χ2n) is 4.17. The van der Waals surface area contributed by atoms with E-state index >= 15 is 0 Å². The van der Waals surface area contributed by atoms with Crippen LogP contribution in [0.15, 0.2) is 0 Å². The highest BCUT2D eigenvalue weighted by molar-refractivity contribution is 5.29. The smallest absolute Gasteiger partial charge is 0.206 e. The second kappa shape index (κ2) is 7.78. The minimum Gasteiger partial charge on any atom is -0.487 e. The van der Waals surface area contributed by atoms with Crippen molar-refractivity contribution in [2.24, 2.45) is 0 Å². The third kappa shape index (κ3) is 4.04. The fourth-order valence-corrected chi connectivity index (χ4v) is 1.52. The molecule has 1 N–H and O–H groups in total. The summed E-state index contributed by atoms with van der Waals surface area (Å²) in [5.41, 5.74) is 0. The van der Waals surface area contributed by atoms with E-state index in [2.05, 4.69) is 10.1 Å². The molecule has 116 valence electrons. The Morgan fingerprint density at radius 1 is 1.05 bits per heavy atom. The van der Waals surface area contributed by atoms with Crippen LogP contribution in [0.2, 0.25) is 0 Å². The predicted molar refractivity (Wildman–Crippen MR) is 64.0 cm³/mol. The summed E-state index contributed by atoms with van der Waals surface area (Å²) in [5.74, 6) is -11.8. The number of nitrogens with one attached hydrogen (secondary N) is 1. The van der Waals surface area contributed by atoms with Gasteiger partial charge in [0.25, 0.3) is 0 Å². The first kappa shape index (κ1) is 17.2. The van der Waals surface area contributed by atoms with Gasteiger partial charge in [-0.05, 0) is 13.0 Å². The Morgan fingerprint density at radius 3 is 2.05 bits per heavy atom. The van der Waals surface area contributed by atoms with Crippen molar-refractivity contribution in [3.05, 3.63) is 29.1 Å². The number of halogens is 5. The maximum absolute atomic E-state index is 13.3. The molecule has 0 heterocycles. The van der Waals surface area contributed by atoms with E-state index in [-0.39, 0.29) is 13.0 Å². The monoisotopic (exact) mass is 308 g/mol. The Morgan fingerprint density at radius 2 is 1.57 bits per heavy atom. The van der Waals surface area contributed by atoms with Crippen molar-refractivity contribution in [2.75, 3.05) is 13.2 Å². The van der Waals surface area contributed by atoms with Gasteiger partial charge in [-0.1, -0.05) is 6.92 Å². The van der Waals surface area contributed by atoms with Crippen LogP contribution in [-0.4, -0.2) is 19.2 Å². The number of hydrogen-bond donors (Lipinski definition) is 1. The molecule has 0 bridgehead atoms. The molecule has 0 amide bonds. The largest absolute Gasteiger partial charge is 0.487 e. The summed E-state index contributed by atoms with van der Waals surface area (Å²) in [5, 5.41) is 11.6. The first-order chi connectivity index (χ1) is 9.93. The molecule has 21 heavy (non-hydrogen) atoms. The van der Waals surface area contributed by atoms with E-state index < -0.39 is 40.9 Å². The van der Waals surface area contributed by atoms with Gasteiger partial charge in [0.1, 0.15) is 0 Å². The first-order valence-corrected chi connectivity index (χ1v) is 6.21. The molecule has 1 aromatic rings. The van der Waals surface area contributed by atoms with Crippen LogP contribution >= 0.6 is 0 Å². The van der Waals surface area contributed by atoms with Crippen molar-refractivity contribution in [3.8, 4) is 11.8 Å². The number of benzene rings is 1. The van der Waals surface area contributed by atoms with Crippen molar-refractivity contribution in [3.63, 3.8) is 0 Å². The van der Waals surface area contributed by atoms with Crippen LogP contribution in [0, 0.1) is 40.4 Å². The number of nitriles is 1. The Labute approximate surface area is 118 Å². The second-order valence-corrected chi connectivity index (χ2v) is 4.17. The lowest BCUT2D eigenvalue weighted by Gasteiger charge is -2.13. The fraction of sp³-hybridized carbons (Fsp3) is 0.462. The maximum Gasteiger partial charge on any atom is 0.206 e. The molecule has 0 aliphatic rings. The Balaban J connectivity index is 2.75. The molecule has 1 atom stereocenters. The minimum absolute atomic E-state index is 0.0377. The first-order valence-electron chi connectivity index (χ1n) is 6.21. The molecule has 0 saturated carbocycles. The van der Waals surface area contributed by atoms with Gasteiger partial charge < -0.3 is 10.1 Å². The molecule has 8 heteroatoms. The molecule has 1 unspecified atom stereocenters. The topological polar surface area (TPSA) is 45.0 Å². The number of ether oxygens (including phenoxy) is 1. The maximum atomic E-state index is 13.3. The van der Waals surface area contributed by atoms with Crippen LogP contribution in [0.4, 0.5) is 22.0 Å². The van der Waals surface area contributed by atoms with Gasteiger partial charge in [0, 0.05) is 6.42 Å². The zero-order chi connectivity index (χ0) is 16.0. The van der Waals surface area contributed by atoms with Crippen molar-refractivity contribution < 1.29 is 26.7 Å². The lowest BCUT2D eigenvalue weighted by Crippen LogP contribution is -2.30. The zero-order valence-corrected chi connectivity index (χ0v) is 11.2. The number of rotatable bonds is 7. The molecular formula is C13H13F5N2O. The van der Waals surface area contributed by atoms with Crippen molar-refractivity contribution >= 4 is 0 Å². The summed E-state index contributed by atoms with van der Waals surface area (Å²) in [7, 11) is 0. The van der Waals surface area contributed by atoms with Crippen LogP contribution in [-0.2, 0) is 0 Å². The lowest BCUT2D eigenvalue weighted by molar-refractivity contribution is 0.252. The normalized spacial score (nSPS) is 12.0. The van der Waals surface area contributed by atoms with Gasteiger partial charge in [0.15, 0.2) is 5.75 Å². The summed E-state index contributed by atoms with van der Waals surface area (Å²) < 4.78 is 69.8. The van der Waals surface area contributed by atoms with E-state index in [9.17, 15) is 22.0 Å². The molecule has 0 aliphatic heterocycles. The van der Waals surface area contributed by atoms with Gasteiger partial charge in [-0.25, -0.2) is 13.2 Å². The number of nitrogens with zero attached hydrogens (tertiary/aromatic N) is 1. The van der Waals surface area contributed by atoms with Gasteiger partial charge in [0.05, 0.1) is 18.7 Å². The Bertz CT molecular complexity index is 515. The quantitative estimate of drug-likeness (QED) is 0.478. The minimum atomic E-state index is -2.24. The Hall–Kier alpha value is -1.88. The van der Waals surface area contributed by atoms with Crippen LogP contribution in [0.1, 0.15) is 19.8 Å². The average Bonchev–Trinajstić information content (AvgIpc) is 2.49. The highest BCUT2D eigenvalue weighted by atomic mass is 19.2. The van der Waals surface area contributed by atoms with Gasteiger partial charge in [0.2, 0.25) is 29.1 Å². The van der Waals surface area contributed by atoms with Crippen molar-refractivity contribution in [1.82, 2.24) is 5.32 Å². The third-order valence-electron chi connectivity index (χ3n) is 2.62. The molecular weight excluding hydrogens is 295 g/mol. The van der Waals surface area contributed by atoms with E-state index in [1.807, 2.05) is 13.0 Å². The van der Waals surface area contributed by atoms with Crippen LogP contribution in [0.5, 0.6) is 5.75 Å². The third-order valence-corrected chi connectivity index (χ3v) is 2.62. The van der Waals surface area contributed by atoms with Crippen LogP contribution in [0.3, 0.4) is 0 Å². The van der Waals surface area contributed by atoms with Gasteiger partial charge in [-0.2, -0.15) is 14.0 Å². The highest BCUT2D eigenvalue weighted by Crippen LogP contribution is 2.29. The predicted octanol–water partition coefficient (Wildman–Crippen LogP) is 3.04. The molecule has 0 radical (unpaired) electrons.